The summed E-state index contributed by atoms with van der Waals surface area (Å²) in [7, 11) is 2.00. The van der Waals surface area contributed by atoms with Crippen LogP contribution in [0.4, 0.5) is 0 Å². The average Bonchev–Trinajstić information content (AvgIpc) is 2.05. The number of hydrogen-bond donors (Lipinski definition) is 0. The van der Waals surface area contributed by atoms with Crippen LogP contribution < -0.4 is 0 Å². The second kappa shape index (κ2) is 4.78. The molecule has 11 heavy (non-hydrogen) atoms. The van der Waals surface area contributed by atoms with Crippen molar-refractivity contribution in [1.82, 2.24) is 4.90 Å². The van der Waals surface area contributed by atoms with Gasteiger partial charge in [0.1, 0.15) is 0 Å². The lowest BCUT2D eigenvalue weighted by Gasteiger charge is -2.17. The molecule has 0 atom stereocenters. The van der Waals surface area contributed by atoms with Crippen LogP contribution in [-0.4, -0.2) is 11.9 Å². The Hall–Kier alpha value is -0.980. The van der Waals surface area contributed by atoms with Crippen molar-refractivity contribution < 1.29 is 0 Å². The summed E-state index contributed by atoms with van der Waals surface area (Å²) in [6.07, 6.45) is 5.98. The lowest BCUT2D eigenvalue weighted by molar-refractivity contribution is 0.579. The van der Waals surface area contributed by atoms with Gasteiger partial charge >= 0.3 is 0 Å². The van der Waals surface area contributed by atoms with Crippen molar-refractivity contribution >= 4 is 0 Å². The lowest BCUT2D eigenvalue weighted by atomic mass is 10.2. The van der Waals surface area contributed by atoms with Crippen LogP contribution >= 0.6 is 0 Å². The number of hydrogen-bond acceptors (Lipinski definition) is 1. The van der Waals surface area contributed by atoms with E-state index in [4.69, 9.17) is 0 Å². The molecule has 0 unspecified atom stereocenters. The van der Waals surface area contributed by atoms with Crippen LogP contribution in [0.1, 0.15) is 20.8 Å². The van der Waals surface area contributed by atoms with Crippen molar-refractivity contribution in [1.29, 1.82) is 0 Å². The highest BCUT2D eigenvalue weighted by Crippen LogP contribution is 2.12. The average molecular weight is 151 g/mol. The highest BCUT2D eigenvalue weighted by Gasteiger charge is 1.99. The molecular formula is C10H17N. The summed E-state index contributed by atoms with van der Waals surface area (Å²) in [5, 5.41) is 0. The fourth-order valence-electron chi connectivity index (χ4n) is 0.956. The molecule has 0 spiro atoms. The Morgan fingerprint density at radius 1 is 1.27 bits per heavy atom. The predicted molar refractivity (Wildman–Crippen MR) is 51.1 cm³/mol. The van der Waals surface area contributed by atoms with E-state index in [2.05, 4.69) is 25.7 Å². The molecular weight excluding hydrogens is 134 g/mol. The molecule has 0 saturated carbocycles. The molecule has 0 aliphatic rings. The first-order valence-corrected chi connectivity index (χ1v) is 3.82. The molecule has 0 aromatic carbocycles. The highest BCUT2D eigenvalue weighted by atomic mass is 15.1. The Morgan fingerprint density at radius 2 is 1.82 bits per heavy atom. The van der Waals surface area contributed by atoms with Gasteiger partial charge in [0.25, 0.3) is 0 Å². The van der Waals surface area contributed by atoms with Crippen molar-refractivity contribution in [2.24, 2.45) is 0 Å². The fraction of sp³-hybridized carbons (Fsp3) is 0.400. The molecule has 0 amide bonds. The molecule has 0 rings (SSSR count). The smallest absolute Gasteiger partial charge is 0.0386 e. The first-order chi connectivity index (χ1) is 5.17. The Balaban J connectivity index is 4.56. The third-order valence-corrected chi connectivity index (χ3v) is 1.76. The Morgan fingerprint density at radius 3 is 2.09 bits per heavy atom. The van der Waals surface area contributed by atoms with E-state index < -0.39 is 0 Å². The van der Waals surface area contributed by atoms with E-state index in [0.29, 0.717) is 0 Å². The van der Waals surface area contributed by atoms with Crippen LogP contribution in [0.5, 0.6) is 0 Å². The van der Waals surface area contributed by atoms with Crippen LogP contribution in [0, 0.1) is 0 Å². The summed E-state index contributed by atoms with van der Waals surface area (Å²) in [5.41, 5.74) is 2.48. The molecule has 0 heterocycles. The minimum atomic E-state index is 1.21. The summed E-state index contributed by atoms with van der Waals surface area (Å²) in [4.78, 5) is 2.01. The zero-order chi connectivity index (χ0) is 8.85. The molecule has 0 fully saturated rings. The molecule has 1 heteroatoms. The molecule has 0 aliphatic carbocycles. The number of nitrogens with zero attached hydrogens (tertiary/aromatic N) is 1. The SMILES string of the molecule is C=CN(C)C(=C/C)/C(C)=C\C. The Labute approximate surface area is 69.7 Å². The lowest BCUT2D eigenvalue weighted by Crippen LogP contribution is -2.10. The second-order valence-corrected chi connectivity index (χ2v) is 2.44. The van der Waals surface area contributed by atoms with Gasteiger partial charge in [0.15, 0.2) is 0 Å². The maximum atomic E-state index is 3.70. The maximum Gasteiger partial charge on any atom is 0.0386 e. The van der Waals surface area contributed by atoms with Gasteiger partial charge in [0, 0.05) is 12.7 Å². The van der Waals surface area contributed by atoms with Crippen molar-refractivity contribution in [3.8, 4) is 0 Å². The van der Waals surface area contributed by atoms with Crippen LogP contribution in [-0.2, 0) is 0 Å². The van der Waals surface area contributed by atoms with Gasteiger partial charge in [-0.2, -0.15) is 0 Å². The van der Waals surface area contributed by atoms with Crippen LogP contribution in [0.15, 0.2) is 36.2 Å². The van der Waals surface area contributed by atoms with E-state index in [-0.39, 0.29) is 0 Å². The van der Waals surface area contributed by atoms with Crippen molar-refractivity contribution in [3.05, 3.63) is 36.2 Å². The number of allylic oxidation sites excluding steroid dienone is 3. The van der Waals surface area contributed by atoms with Gasteiger partial charge < -0.3 is 4.90 Å². The van der Waals surface area contributed by atoms with Gasteiger partial charge in [-0.3, -0.25) is 0 Å². The molecule has 0 radical (unpaired) electrons. The third kappa shape index (κ3) is 2.62. The normalized spacial score (nSPS) is 13.1. The summed E-state index contributed by atoms with van der Waals surface area (Å²) in [6, 6.07) is 0. The van der Waals surface area contributed by atoms with E-state index in [0.717, 1.165) is 0 Å². The van der Waals surface area contributed by atoms with Gasteiger partial charge in [-0.05, 0) is 32.5 Å². The number of likely N-dealkylation sites (N-methyl/N-ethyl adjacent to an activating group) is 1. The summed E-state index contributed by atoms with van der Waals surface area (Å²) < 4.78 is 0. The second-order valence-electron chi connectivity index (χ2n) is 2.44. The molecule has 0 N–H and O–H groups in total. The predicted octanol–water partition coefficient (Wildman–Crippen LogP) is 2.93. The van der Waals surface area contributed by atoms with E-state index in [1.165, 1.54) is 11.3 Å². The largest absolute Gasteiger partial charge is 0.352 e. The minimum absolute atomic E-state index is 1.21. The quantitative estimate of drug-likeness (QED) is 0.560. The van der Waals surface area contributed by atoms with E-state index in [9.17, 15) is 0 Å². The van der Waals surface area contributed by atoms with E-state index >= 15 is 0 Å². The topological polar surface area (TPSA) is 3.24 Å². The Bertz CT molecular complexity index is 187. The van der Waals surface area contributed by atoms with E-state index in [1.807, 2.05) is 32.0 Å². The minimum Gasteiger partial charge on any atom is -0.352 e. The van der Waals surface area contributed by atoms with Gasteiger partial charge in [-0.15, -0.1) is 0 Å². The van der Waals surface area contributed by atoms with Crippen molar-refractivity contribution in [2.75, 3.05) is 7.05 Å². The van der Waals surface area contributed by atoms with Gasteiger partial charge in [0.05, 0.1) is 0 Å². The molecule has 62 valence electrons. The molecule has 0 aliphatic heterocycles. The van der Waals surface area contributed by atoms with Crippen molar-refractivity contribution in [2.45, 2.75) is 20.8 Å². The van der Waals surface area contributed by atoms with Gasteiger partial charge in [0.2, 0.25) is 0 Å². The van der Waals surface area contributed by atoms with E-state index in [1.54, 1.807) is 0 Å². The summed E-state index contributed by atoms with van der Waals surface area (Å²) in [6.45, 7) is 9.86. The van der Waals surface area contributed by atoms with Crippen LogP contribution in [0.2, 0.25) is 0 Å². The highest BCUT2D eigenvalue weighted by molar-refractivity contribution is 5.27. The van der Waals surface area contributed by atoms with Crippen molar-refractivity contribution in [3.63, 3.8) is 0 Å². The molecule has 1 nitrogen and oxygen atoms in total. The third-order valence-electron chi connectivity index (χ3n) is 1.76. The maximum absolute atomic E-state index is 3.70. The molecule has 0 bridgehead atoms. The summed E-state index contributed by atoms with van der Waals surface area (Å²) in [5.74, 6) is 0. The molecule has 0 saturated heterocycles. The first kappa shape index (κ1) is 10.0. The standard InChI is InChI=1S/C10H17N/c1-6-9(4)10(7-2)11(5)8-3/h6-8H,3H2,1-2,4-5H3/b9-6-,10-7+. The van der Waals surface area contributed by atoms with Crippen LogP contribution in [0.25, 0.3) is 0 Å². The monoisotopic (exact) mass is 151 g/mol. The van der Waals surface area contributed by atoms with Crippen LogP contribution in [0.3, 0.4) is 0 Å². The molecule has 0 aromatic rings. The first-order valence-electron chi connectivity index (χ1n) is 3.82. The zero-order valence-corrected chi connectivity index (χ0v) is 7.89. The number of rotatable bonds is 3. The fourth-order valence-corrected chi connectivity index (χ4v) is 0.956. The van der Waals surface area contributed by atoms with Gasteiger partial charge in [-0.1, -0.05) is 18.7 Å². The zero-order valence-electron chi connectivity index (χ0n) is 7.89. The molecule has 0 aromatic heterocycles. The summed E-state index contributed by atoms with van der Waals surface area (Å²) >= 11 is 0. The Kier molecular flexibility index (Phi) is 4.35. The van der Waals surface area contributed by atoms with Gasteiger partial charge in [-0.25, -0.2) is 0 Å².